The van der Waals surface area contributed by atoms with Crippen molar-refractivity contribution in [2.75, 3.05) is 27.9 Å². The third kappa shape index (κ3) is 3.39. The van der Waals surface area contributed by atoms with Gasteiger partial charge in [0.2, 0.25) is 10.0 Å². The van der Waals surface area contributed by atoms with Crippen LogP contribution in [0.3, 0.4) is 0 Å². The summed E-state index contributed by atoms with van der Waals surface area (Å²) in [6.07, 6.45) is 1.44. The molecule has 0 saturated carbocycles. The van der Waals surface area contributed by atoms with E-state index in [1.807, 2.05) is 0 Å². The van der Waals surface area contributed by atoms with E-state index in [0.29, 0.717) is 5.75 Å². The van der Waals surface area contributed by atoms with Gasteiger partial charge in [0.1, 0.15) is 17.2 Å². The van der Waals surface area contributed by atoms with Crippen molar-refractivity contribution in [1.82, 2.24) is 4.72 Å². The summed E-state index contributed by atoms with van der Waals surface area (Å²) in [5.41, 5.74) is 0. The lowest BCUT2D eigenvalue weighted by Gasteiger charge is -2.15. The Morgan fingerprint density at radius 3 is 2.05 bits per heavy atom. The number of nitrogens with one attached hydrogen (secondary N) is 1. The molecule has 6 nitrogen and oxygen atoms in total. The standard InChI is InChI=1S/C12H17NO5S/c1-5-6-13-19(14,15)12-10(17-3)7-9(16-2)8-11(12)18-4/h5,7-8,13H,1,6H2,2-4H3. The first-order valence-corrected chi connectivity index (χ1v) is 6.89. The lowest BCUT2D eigenvalue weighted by Crippen LogP contribution is -2.24. The van der Waals surface area contributed by atoms with E-state index in [-0.39, 0.29) is 22.9 Å². The summed E-state index contributed by atoms with van der Waals surface area (Å²) in [5.74, 6) is 0.733. The first-order valence-electron chi connectivity index (χ1n) is 5.40. The molecular weight excluding hydrogens is 270 g/mol. The van der Waals surface area contributed by atoms with Crippen LogP contribution in [0.5, 0.6) is 17.2 Å². The molecule has 0 heterocycles. The van der Waals surface area contributed by atoms with Crippen molar-refractivity contribution in [2.45, 2.75) is 4.90 Å². The van der Waals surface area contributed by atoms with Gasteiger partial charge in [-0.2, -0.15) is 0 Å². The normalized spacial score (nSPS) is 10.9. The van der Waals surface area contributed by atoms with Gasteiger partial charge in [-0.3, -0.25) is 0 Å². The van der Waals surface area contributed by atoms with Gasteiger partial charge in [-0.15, -0.1) is 6.58 Å². The second-order valence-electron chi connectivity index (χ2n) is 3.50. The molecule has 0 aromatic heterocycles. The third-order valence-corrected chi connectivity index (χ3v) is 3.84. The highest BCUT2D eigenvalue weighted by atomic mass is 32.2. The van der Waals surface area contributed by atoms with Gasteiger partial charge in [0.05, 0.1) is 21.3 Å². The van der Waals surface area contributed by atoms with Crippen LogP contribution in [0.25, 0.3) is 0 Å². The second kappa shape index (κ2) is 6.44. The lowest BCUT2D eigenvalue weighted by atomic mass is 10.3. The van der Waals surface area contributed by atoms with E-state index in [9.17, 15) is 8.42 Å². The second-order valence-corrected chi connectivity index (χ2v) is 5.21. The zero-order chi connectivity index (χ0) is 14.5. The van der Waals surface area contributed by atoms with Crippen LogP contribution in [0.2, 0.25) is 0 Å². The minimum Gasteiger partial charge on any atom is -0.496 e. The highest BCUT2D eigenvalue weighted by Crippen LogP contribution is 2.37. The molecule has 0 fully saturated rings. The van der Waals surface area contributed by atoms with E-state index in [2.05, 4.69) is 11.3 Å². The zero-order valence-electron chi connectivity index (χ0n) is 11.1. The van der Waals surface area contributed by atoms with Crippen molar-refractivity contribution in [3.63, 3.8) is 0 Å². The van der Waals surface area contributed by atoms with Crippen LogP contribution in [-0.2, 0) is 10.0 Å². The van der Waals surface area contributed by atoms with Gasteiger partial charge in [0.15, 0.2) is 4.90 Å². The molecule has 0 atom stereocenters. The Labute approximate surface area is 113 Å². The monoisotopic (exact) mass is 287 g/mol. The van der Waals surface area contributed by atoms with E-state index in [0.717, 1.165) is 0 Å². The van der Waals surface area contributed by atoms with Gasteiger partial charge in [0.25, 0.3) is 0 Å². The average Bonchev–Trinajstić information content (AvgIpc) is 2.43. The van der Waals surface area contributed by atoms with Gasteiger partial charge in [0, 0.05) is 18.7 Å². The van der Waals surface area contributed by atoms with Crippen LogP contribution in [0.1, 0.15) is 0 Å². The largest absolute Gasteiger partial charge is 0.496 e. The summed E-state index contributed by atoms with van der Waals surface area (Å²) in [5, 5.41) is 0. The summed E-state index contributed by atoms with van der Waals surface area (Å²) < 4.78 is 42.0. The van der Waals surface area contributed by atoms with Crippen molar-refractivity contribution in [3.8, 4) is 17.2 Å². The Bertz CT molecular complexity index is 528. The van der Waals surface area contributed by atoms with Crippen molar-refractivity contribution in [2.24, 2.45) is 0 Å². The lowest BCUT2D eigenvalue weighted by molar-refractivity contribution is 0.359. The Morgan fingerprint density at radius 2 is 1.68 bits per heavy atom. The maximum Gasteiger partial charge on any atom is 0.248 e. The first-order chi connectivity index (χ1) is 9.00. The number of methoxy groups -OCH3 is 3. The molecule has 0 aliphatic heterocycles. The van der Waals surface area contributed by atoms with E-state index in [4.69, 9.17) is 14.2 Å². The first kappa shape index (κ1) is 15.3. The van der Waals surface area contributed by atoms with E-state index in [1.165, 1.54) is 39.5 Å². The molecule has 19 heavy (non-hydrogen) atoms. The molecule has 0 aliphatic carbocycles. The molecule has 106 valence electrons. The smallest absolute Gasteiger partial charge is 0.248 e. The number of sulfonamides is 1. The van der Waals surface area contributed by atoms with E-state index < -0.39 is 10.0 Å². The van der Waals surface area contributed by atoms with Crippen LogP contribution in [0.4, 0.5) is 0 Å². The molecule has 1 rings (SSSR count). The number of rotatable bonds is 7. The summed E-state index contributed by atoms with van der Waals surface area (Å²) in [6.45, 7) is 3.57. The summed E-state index contributed by atoms with van der Waals surface area (Å²) in [7, 11) is 0.462. The predicted molar refractivity (Wildman–Crippen MR) is 71.5 cm³/mol. The molecule has 0 spiro atoms. The van der Waals surface area contributed by atoms with Crippen LogP contribution < -0.4 is 18.9 Å². The van der Waals surface area contributed by atoms with Gasteiger partial charge >= 0.3 is 0 Å². The van der Waals surface area contributed by atoms with Crippen molar-refractivity contribution in [1.29, 1.82) is 0 Å². The molecule has 0 bridgehead atoms. The Kier molecular flexibility index (Phi) is 5.20. The molecule has 0 radical (unpaired) electrons. The van der Waals surface area contributed by atoms with Crippen LogP contribution in [0, 0.1) is 0 Å². The highest BCUT2D eigenvalue weighted by Gasteiger charge is 2.25. The Morgan fingerprint density at radius 1 is 1.16 bits per heavy atom. The number of benzene rings is 1. The molecular formula is C12H17NO5S. The van der Waals surface area contributed by atoms with Crippen molar-refractivity contribution >= 4 is 10.0 Å². The molecule has 0 amide bonds. The molecule has 0 saturated heterocycles. The summed E-state index contributed by atoms with van der Waals surface area (Å²) in [6, 6.07) is 2.95. The molecule has 0 aliphatic rings. The number of hydrogen-bond donors (Lipinski definition) is 1. The highest BCUT2D eigenvalue weighted by molar-refractivity contribution is 7.89. The van der Waals surface area contributed by atoms with Crippen LogP contribution in [-0.4, -0.2) is 36.3 Å². The fourth-order valence-electron chi connectivity index (χ4n) is 1.48. The molecule has 1 aromatic rings. The molecule has 1 aromatic carbocycles. The average molecular weight is 287 g/mol. The number of ether oxygens (including phenoxy) is 3. The molecule has 7 heteroatoms. The fraction of sp³-hybridized carbons (Fsp3) is 0.333. The van der Waals surface area contributed by atoms with Gasteiger partial charge in [-0.05, 0) is 0 Å². The van der Waals surface area contributed by atoms with Crippen molar-refractivity contribution < 1.29 is 22.6 Å². The number of hydrogen-bond acceptors (Lipinski definition) is 5. The molecule has 1 N–H and O–H groups in total. The fourth-order valence-corrected chi connectivity index (χ4v) is 2.78. The van der Waals surface area contributed by atoms with E-state index >= 15 is 0 Å². The summed E-state index contributed by atoms with van der Waals surface area (Å²) in [4.78, 5) is -0.0693. The zero-order valence-corrected chi connectivity index (χ0v) is 11.9. The maximum absolute atomic E-state index is 12.2. The van der Waals surface area contributed by atoms with Gasteiger partial charge < -0.3 is 14.2 Å². The van der Waals surface area contributed by atoms with Crippen LogP contribution >= 0.6 is 0 Å². The molecule has 0 unspecified atom stereocenters. The van der Waals surface area contributed by atoms with Gasteiger partial charge in [-0.1, -0.05) is 6.08 Å². The van der Waals surface area contributed by atoms with Crippen LogP contribution in [0.15, 0.2) is 29.7 Å². The third-order valence-electron chi connectivity index (χ3n) is 2.36. The Balaban J connectivity index is 3.43. The maximum atomic E-state index is 12.2. The minimum atomic E-state index is -3.76. The van der Waals surface area contributed by atoms with Crippen molar-refractivity contribution in [3.05, 3.63) is 24.8 Å². The topological polar surface area (TPSA) is 73.9 Å². The predicted octanol–water partition coefficient (Wildman–Crippen LogP) is 1.18. The minimum absolute atomic E-state index is 0.0693. The quantitative estimate of drug-likeness (QED) is 0.762. The summed E-state index contributed by atoms with van der Waals surface area (Å²) >= 11 is 0. The SMILES string of the molecule is C=CCNS(=O)(=O)c1c(OC)cc(OC)cc1OC. The Hall–Kier alpha value is -1.73. The van der Waals surface area contributed by atoms with Gasteiger partial charge in [-0.25, -0.2) is 13.1 Å². The van der Waals surface area contributed by atoms with E-state index in [1.54, 1.807) is 0 Å².